The van der Waals surface area contributed by atoms with Gasteiger partial charge in [0, 0.05) is 11.1 Å². The van der Waals surface area contributed by atoms with E-state index in [0.717, 1.165) is 5.56 Å². The van der Waals surface area contributed by atoms with Gasteiger partial charge in [-0.3, -0.25) is 0 Å². The molecule has 0 saturated carbocycles. The molecule has 2 aromatic rings. The zero-order valence-electron chi connectivity index (χ0n) is 12.4. The van der Waals surface area contributed by atoms with E-state index in [1.165, 1.54) is 7.11 Å². The minimum absolute atomic E-state index is 0.0752. The van der Waals surface area contributed by atoms with E-state index in [0.29, 0.717) is 16.9 Å². The lowest BCUT2D eigenvalue weighted by Gasteiger charge is -2.15. The van der Waals surface area contributed by atoms with Crippen LogP contribution in [0.5, 0.6) is 11.5 Å². The number of halogens is 1. The molecule has 3 nitrogen and oxygen atoms in total. The number of methoxy groups -OCH3 is 1. The Balaban J connectivity index is 2.21. The van der Waals surface area contributed by atoms with Crippen molar-refractivity contribution in [2.24, 2.45) is 0 Å². The summed E-state index contributed by atoms with van der Waals surface area (Å²) in [5.41, 5.74) is 2.13. The SMILES string of the molecule is COc1cccc(COc2ccc(C)cc2[C@@H](C)O)c1F. The third-order valence-corrected chi connectivity index (χ3v) is 3.26. The highest BCUT2D eigenvalue weighted by Crippen LogP contribution is 2.28. The third kappa shape index (κ3) is 3.52. The van der Waals surface area contributed by atoms with Crippen LogP contribution in [0.4, 0.5) is 4.39 Å². The van der Waals surface area contributed by atoms with Crippen LogP contribution < -0.4 is 9.47 Å². The van der Waals surface area contributed by atoms with Crippen molar-refractivity contribution < 1.29 is 19.0 Å². The van der Waals surface area contributed by atoms with Gasteiger partial charge >= 0.3 is 0 Å². The van der Waals surface area contributed by atoms with Crippen molar-refractivity contribution in [1.82, 2.24) is 0 Å². The first-order valence-electron chi connectivity index (χ1n) is 6.75. The Morgan fingerprint density at radius 1 is 1.19 bits per heavy atom. The molecular weight excluding hydrogens is 271 g/mol. The molecule has 0 saturated heterocycles. The maximum atomic E-state index is 14.0. The predicted molar refractivity (Wildman–Crippen MR) is 79.1 cm³/mol. The Morgan fingerprint density at radius 3 is 2.62 bits per heavy atom. The molecule has 0 aromatic heterocycles. The standard InChI is InChI=1S/C17H19FO3/c1-11-7-8-15(14(9-11)12(2)19)21-10-13-5-4-6-16(20-3)17(13)18/h4-9,12,19H,10H2,1-3H3/t12-/m1/s1. The van der Waals surface area contributed by atoms with Crippen molar-refractivity contribution >= 4 is 0 Å². The van der Waals surface area contributed by atoms with Crippen LogP contribution in [0.25, 0.3) is 0 Å². The molecule has 0 fully saturated rings. The summed E-state index contributed by atoms with van der Waals surface area (Å²) in [6.45, 7) is 3.69. The van der Waals surface area contributed by atoms with Crippen molar-refractivity contribution in [2.45, 2.75) is 26.6 Å². The van der Waals surface area contributed by atoms with Gasteiger partial charge in [-0.1, -0.05) is 23.8 Å². The molecule has 112 valence electrons. The fraction of sp³-hybridized carbons (Fsp3) is 0.294. The lowest BCUT2D eigenvalue weighted by Crippen LogP contribution is -2.03. The van der Waals surface area contributed by atoms with Crippen molar-refractivity contribution in [3.05, 3.63) is 58.9 Å². The zero-order valence-corrected chi connectivity index (χ0v) is 12.4. The number of aliphatic hydroxyl groups excluding tert-OH is 1. The van der Waals surface area contributed by atoms with Gasteiger partial charge in [0.1, 0.15) is 12.4 Å². The Morgan fingerprint density at radius 2 is 1.95 bits per heavy atom. The van der Waals surface area contributed by atoms with Gasteiger partial charge in [0.05, 0.1) is 13.2 Å². The second-order valence-electron chi connectivity index (χ2n) is 4.94. The number of aliphatic hydroxyl groups is 1. The van der Waals surface area contributed by atoms with Gasteiger partial charge in [0.2, 0.25) is 0 Å². The molecule has 2 aromatic carbocycles. The summed E-state index contributed by atoms with van der Waals surface area (Å²) in [6, 6.07) is 10.5. The lowest BCUT2D eigenvalue weighted by molar-refractivity contribution is 0.189. The topological polar surface area (TPSA) is 38.7 Å². The lowest BCUT2D eigenvalue weighted by atomic mass is 10.1. The molecular formula is C17H19FO3. The quantitative estimate of drug-likeness (QED) is 0.911. The molecule has 0 bridgehead atoms. The fourth-order valence-electron chi connectivity index (χ4n) is 2.11. The molecule has 0 amide bonds. The van der Waals surface area contributed by atoms with E-state index < -0.39 is 11.9 Å². The number of ether oxygens (including phenoxy) is 2. The molecule has 4 heteroatoms. The first-order chi connectivity index (χ1) is 10.0. The first-order valence-corrected chi connectivity index (χ1v) is 6.75. The second kappa shape index (κ2) is 6.59. The van der Waals surface area contributed by atoms with Gasteiger partial charge in [-0.25, -0.2) is 4.39 Å². The van der Waals surface area contributed by atoms with Gasteiger partial charge in [-0.05, 0) is 32.0 Å². The summed E-state index contributed by atoms with van der Waals surface area (Å²) < 4.78 is 24.7. The second-order valence-corrected chi connectivity index (χ2v) is 4.94. The summed E-state index contributed by atoms with van der Waals surface area (Å²) in [7, 11) is 1.43. The van der Waals surface area contributed by atoms with Gasteiger partial charge < -0.3 is 14.6 Å². The number of aryl methyl sites for hydroxylation is 1. The van der Waals surface area contributed by atoms with Gasteiger partial charge in [0.15, 0.2) is 11.6 Å². The highest BCUT2D eigenvalue weighted by Gasteiger charge is 2.12. The molecule has 0 aliphatic rings. The fourth-order valence-corrected chi connectivity index (χ4v) is 2.11. The molecule has 1 atom stereocenters. The predicted octanol–water partition coefficient (Wildman–Crippen LogP) is 3.78. The van der Waals surface area contributed by atoms with E-state index in [-0.39, 0.29) is 12.4 Å². The average molecular weight is 290 g/mol. The van der Waals surface area contributed by atoms with E-state index in [1.807, 2.05) is 19.1 Å². The van der Waals surface area contributed by atoms with Crippen LogP contribution >= 0.6 is 0 Å². The van der Waals surface area contributed by atoms with Crippen molar-refractivity contribution in [3.63, 3.8) is 0 Å². The summed E-state index contributed by atoms with van der Waals surface area (Å²) in [5, 5.41) is 9.79. The Hall–Kier alpha value is -2.07. The molecule has 0 unspecified atom stereocenters. The minimum atomic E-state index is -0.643. The Bertz CT molecular complexity index is 623. The average Bonchev–Trinajstić information content (AvgIpc) is 2.47. The number of hydrogen-bond donors (Lipinski definition) is 1. The van der Waals surface area contributed by atoms with E-state index >= 15 is 0 Å². The highest BCUT2D eigenvalue weighted by atomic mass is 19.1. The normalized spacial score (nSPS) is 12.0. The van der Waals surface area contributed by atoms with Crippen molar-refractivity contribution in [3.8, 4) is 11.5 Å². The highest BCUT2D eigenvalue weighted by molar-refractivity contribution is 5.39. The maximum Gasteiger partial charge on any atom is 0.171 e. The molecule has 0 aliphatic carbocycles. The van der Waals surface area contributed by atoms with Crippen LogP contribution in [-0.4, -0.2) is 12.2 Å². The van der Waals surface area contributed by atoms with Crippen LogP contribution in [0, 0.1) is 12.7 Å². The summed E-state index contributed by atoms with van der Waals surface area (Å²) in [6.07, 6.45) is -0.643. The van der Waals surface area contributed by atoms with E-state index in [9.17, 15) is 9.50 Å². The van der Waals surface area contributed by atoms with Crippen molar-refractivity contribution in [2.75, 3.05) is 7.11 Å². The molecule has 2 rings (SSSR count). The number of benzene rings is 2. The molecule has 1 N–H and O–H groups in total. The van der Waals surface area contributed by atoms with E-state index in [1.54, 1.807) is 31.2 Å². The monoisotopic (exact) mass is 290 g/mol. The molecule has 0 aliphatic heterocycles. The summed E-state index contributed by atoms with van der Waals surface area (Å²) in [5.74, 6) is 0.319. The van der Waals surface area contributed by atoms with Gasteiger partial charge in [-0.2, -0.15) is 0 Å². The minimum Gasteiger partial charge on any atom is -0.494 e. The summed E-state index contributed by atoms with van der Waals surface area (Å²) in [4.78, 5) is 0. The van der Waals surface area contributed by atoms with Crippen LogP contribution in [-0.2, 0) is 6.61 Å². The van der Waals surface area contributed by atoms with Crippen molar-refractivity contribution in [1.29, 1.82) is 0 Å². The van der Waals surface area contributed by atoms with E-state index in [2.05, 4.69) is 0 Å². The Labute approximate surface area is 124 Å². The number of rotatable bonds is 5. The van der Waals surface area contributed by atoms with Gasteiger partial charge in [-0.15, -0.1) is 0 Å². The van der Waals surface area contributed by atoms with Crippen LogP contribution in [0.2, 0.25) is 0 Å². The number of hydrogen-bond acceptors (Lipinski definition) is 3. The van der Waals surface area contributed by atoms with Crippen LogP contribution in [0.1, 0.15) is 29.7 Å². The van der Waals surface area contributed by atoms with Crippen LogP contribution in [0.3, 0.4) is 0 Å². The largest absolute Gasteiger partial charge is 0.494 e. The molecule has 0 spiro atoms. The Kier molecular flexibility index (Phi) is 4.81. The maximum absolute atomic E-state index is 14.0. The first kappa shape index (κ1) is 15.3. The summed E-state index contributed by atoms with van der Waals surface area (Å²) >= 11 is 0. The zero-order chi connectivity index (χ0) is 15.4. The van der Waals surface area contributed by atoms with Gasteiger partial charge in [0.25, 0.3) is 0 Å². The molecule has 0 radical (unpaired) electrons. The smallest absolute Gasteiger partial charge is 0.171 e. The molecule has 21 heavy (non-hydrogen) atoms. The molecule has 0 heterocycles. The van der Waals surface area contributed by atoms with Crippen LogP contribution in [0.15, 0.2) is 36.4 Å². The third-order valence-electron chi connectivity index (χ3n) is 3.26. The van der Waals surface area contributed by atoms with E-state index in [4.69, 9.17) is 9.47 Å².